The van der Waals surface area contributed by atoms with Crippen LogP contribution in [-0.2, 0) is 4.79 Å². The number of halogens is 1. The molecule has 0 aliphatic heterocycles. The van der Waals surface area contributed by atoms with Gasteiger partial charge in [0, 0.05) is 11.0 Å². The van der Waals surface area contributed by atoms with Gasteiger partial charge in [-0.1, -0.05) is 29.8 Å². The lowest BCUT2D eigenvalue weighted by Crippen LogP contribution is -2.32. The molecule has 2 N–H and O–H groups in total. The molecule has 100 valence electrons. The molecule has 0 unspecified atom stereocenters. The van der Waals surface area contributed by atoms with Crippen LogP contribution in [0.3, 0.4) is 0 Å². The predicted molar refractivity (Wildman–Crippen MR) is 77.0 cm³/mol. The van der Waals surface area contributed by atoms with E-state index in [0.717, 1.165) is 15.9 Å². The molecule has 1 rings (SSSR count). The molecular formula is C13H19BrN2O2. The van der Waals surface area contributed by atoms with Gasteiger partial charge in [-0.15, -0.1) is 0 Å². The number of methoxy groups -OCH3 is 1. The molecule has 4 nitrogen and oxygen atoms in total. The summed E-state index contributed by atoms with van der Waals surface area (Å²) < 4.78 is 6.15. The van der Waals surface area contributed by atoms with Crippen molar-refractivity contribution in [1.82, 2.24) is 5.32 Å². The Kier molecular flexibility index (Phi) is 5.98. The molecule has 0 aromatic heterocycles. The van der Waals surface area contributed by atoms with Gasteiger partial charge < -0.3 is 15.4 Å². The molecule has 5 heteroatoms. The van der Waals surface area contributed by atoms with Crippen molar-refractivity contribution in [2.45, 2.75) is 13.8 Å². The molecular weight excluding hydrogens is 296 g/mol. The fraction of sp³-hybridized carbons (Fsp3) is 0.462. The van der Waals surface area contributed by atoms with Gasteiger partial charge in [-0.25, -0.2) is 0 Å². The Morgan fingerprint density at radius 2 is 2.17 bits per heavy atom. The Bertz CT molecular complexity index is 408. The quantitative estimate of drug-likeness (QED) is 0.848. The Balaban J connectivity index is 2.52. The average Bonchev–Trinajstić information content (AvgIpc) is 2.34. The van der Waals surface area contributed by atoms with Gasteiger partial charge in [0.25, 0.3) is 0 Å². The first kappa shape index (κ1) is 14.8. The number of nitrogens with one attached hydrogen (secondary N) is 2. The highest BCUT2D eigenvalue weighted by Crippen LogP contribution is 2.27. The number of ether oxygens (including phenoxy) is 1. The molecule has 18 heavy (non-hydrogen) atoms. The predicted octanol–water partition coefficient (Wildman–Crippen LogP) is 2.64. The molecule has 0 saturated carbocycles. The number of hydrogen-bond acceptors (Lipinski definition) is 3. The third kappa shape index (κ3) is 4.96. The minimum absolute atomic E-state index is 0.0225. The molecule has 0 radical (unpaired) electrons. The molecule has 0 saturated heterocycles. The van der Waals surface area contributed by atoms with Crippen LogP contribution in [0.2, 0.25) is 0 Å². The third-order valence-electron chi connectivity index (χ3n) is 2.31. The molecule has 0 atom stereocenters. The fourth-order valence-electron chi connectivity index (χ4n) is 1.37. The smallest absolute Gasteiger partial charge is 0.239 e. The molecule has 0 aliphatic carbocycles. The normalized spacial score (nSPS) is 10.3. The first-order chi connectivity index (χ1) is 8.52. The Labute approximate surface area is 116 Å². The van der Waals surface area contributed by atoms with Gasteiger partial charge in [-0.2, -0.15) is 0 Å². The second-order valence-corrected chi connectivity index (χ2v) is 5.31. The zero-order chi connectivity index (χ0) is 13.5. The number of carbonyl (C=O) groups is 1. The molecule has 1 amide bonds. The second kappa shape index (κ2) is 7.26. The van der Waals surface area contributed by atoms with E-state index >= 15 is 0 Å². The number of amides is 1. The van der Waals surface area contributed by atoms with E-state index in [1.54, 1.807) is 7.11 Å². The summed E-state index contributed by atoms with van der Waals surface area (Å²) in [7, 11) is 1.60. The number of benzene rings is 1. The van der Waals surface area contributed by atoms with Crippen LogP contribution in [0, 0.1) is 5.92 Å². The summed E-state index contributed by atoms with van der Waals surface area (Å²) in [5, 5.41) is 5.91. The van der Waals surface area contributed by atoms with Gasteiger partial charge in [0.05, 0.1) is 19.3 Å². The second-order valence-electron chi connectivity index (χ2n) is 4.40. The molecule has 1 aromatic rings. The molecule has 0 fully saturated rings. The first-order valence-electron chi connectivity index (χ1n) is 5.87. The van der Waals surface area contributed by atoms with Crippen molar-refractivity contribution in [1.29, 1.82) is 0 Å². The highest BCUT2D eigenvalue weighted by Gasteiger charge is 2.06. The van der Waals surface area contributed by atoms with E-state index in [2.05, 4.69) is 40.4 Å². The average molecular weight is 315 g/mol. The summed E-state index contributed by atoms with van der Waals surface area (Å²) in [5.41, 5.74) is 0.798. The van der Waals surface area contributed by atoms with E-state index < -0.39 is 0 Å². The number of carbonyl (C=O) groups excluding carboxylic acids is 1. The van der Waals surface area contributed by atoms with Crippen molar-refractivity contribution in [3.63, 3.8) is 0 Å². The van der Waals surface area contributed by atoms with E-state index in [4.69, 9.17) is 4.74 Å². The third-order valence-corrected chi connectivity index (χ3v) is 2.80. The first-order valence-corrected chi connectivity index (χ1v) is 6.66. The van der Waals surface area contributed by atoms with Crippen LogP contribution < -0.4 is 15.4 Å². The van der Waals surface area contributed by atoms with Crippen LogP contribution in [0.4, 0.5) is 5.69 Å². The van der Waals surface area contributed by atoms with E-state index in [1.165, 1.54) is 0 Å². The lowest BCUT2D eigenvalue weighted by Gasteiger charge is -2.12. The molecule has 0 spiro atoms. The van der Waals surface area contributed by atoms with E-state index in [9.17, 15) is 4.79 Å². The standard InChI is InChI=1S/C13H19BrN2O2/c1-9(2)7-16-13(17)8-15-11-6-10(14)4-5-12(11)18-3/h4-6,9,15H,7-8H2,1-3H3,(H,16,17). The largest absolute Gasteiger partial charge is 0.495 e. The van der Waals surface area contributed by atoms with Crippen molar-refractivity contribution in [3.05, 3.63) is 22.7 Å². The molecule has 0 aliphatic rings. The molecule has 0 heterocycles. The van der Waals surface area contributed by atoms with Crippen LogP contribution in [0.1, 0.15) is 13.8 Å². The van der Waals surface area contributed by atoms with E-state index in [1.807, 2.05) is 18.2 Å². The van der Waals surface area contributed by atoms with Crippen LogP contribution in [0.15, 0.2) is 22.7 Å². The fourth-order valence-corrected chi connectivity index (χ4v) is 1.74. The number of rotatable bonds is 6. The number of anilines is 1. The van der Waals surface area contributed by atoms with Gasteiger partial charge in [0.2, 0.25) is 5.91 Å². The van der Waals surface area contributed by atoms with Crippen LogP contribution >= 0.6 is 15.9 Å². The van der Waals surface area contributed by atoms with E-state index in [0.29, 0.717) is 12.5 Å². The Morgan fingerprint density at radius 1 is 1.44 bits per heavy atom. The van der Waals surface area contributed by atoms with Gasteiger partial charge >= 0.3 is 0 Å². The van der Waals surface area contributed by atoms with Gasteiger partial charge in [-0.3, -0.25) is 4.79 Å². The van der Waals surface area contributed by atoms with Crippen molar-refractivity contribution < 1.29 is 9.53 Å². The maximum atomic E-state index is 11.6. The van der Waals surface area contributed by atoms with Gasteiger partial charge in [0.1, 0.15) is 5.75 Å². The lowest BCUT2D eigenvalue weighted by molar-refractivity contribution is -0.119. The van der Waals surface area contributed by atoms with Crippen LogP contribution in [0.25, 0.3) is 0 Å². The highest BCUT2D eigenvalue weighted by molar-refractivity contribution is 9.10. The van der Waals surface area contributed by atoms with Crippen molar-refractivity contribution >= 4 is 27.5 Å². The Morgan fingerprint density at radius 3 is 2.78 bits per heavy atom. The molecule has 0 bridgehead atoms. The summed E-state index contributed by atoms with van der Waals surface area (Å²) >= 11 is 3.39. The van der Waals surface area contributed by atoms with Gasteiger partial charge in [0.15, 0.2) is 0 Å². The summed E-state index contributed by atoms with van der Waals surface area (Å²) in [6, 6.07) is 5.62. The maximum Gasteiger partial charge on any atom is 0.239 e. The molecule has 1 aromatic carbocycles. The zero-order valence-corrected chi connectivity index (χ0v) is 12.5. The topological polar surface area (TPSA) is 50.4 Å². The Hall–Kier alpha value is -1.23. The minimum Gasteiger partial charge on any atom is -0.495 e. The lowest BCUT2D eigenvalue weighted by atomic mass is 10.2. The van der Waals surface area contributed by atoms with Crippen molar-refractivity contribution in [2.24, 2.45) is 5.92 Å². The minimum atomic E-state index is -0.0225. The summed E-state index contributed by atoms with van der Waals surface area (Å²) in [5.74, 6) is 1.15. The van der Waals surface area contributed by atoms with Crippen LogP contribution in [0.5, 0.6) is 5.75 Å². The van der Waals surface area contributed by atoms with Crippen molar-refractivity contribution in [2.75, 3.05) is 25.5 Å². The van der Waals surface area contributed by atoms with Crippen molar-refractivity contribution in [3.8, 4) is 5.75 Å². The summed E-state index contributed by atoms with van der Waals surface area (Å²) in [6.45, 7) is 5.05. The number of hydrogen-bond donors (Lipinski definition) is 2. The SMILES string of the molecule is COc1ccc(Br)cc1NCC(=O)NCC(C)C. The van der Waals surface area contributed by atoms with Crippen LogP contribution in [-0.4, -0.2) is 26.1 Å². The van der Waals surface area contributed by atoms with Gasteiger partial charge in [-0.05, 0) is 24.1 Å². The maximum absolute atomic E-state index is 11.6. The highest BCUT2D eigenvalue weighted by atomic mass is 79.9. The monoisotopic (exact) mass is 314 g/mol. The summed E-state index contributed by atoms with van der Waals surface area (Å²) in [4.78, 5) is 11.6. The van der Waals surface area contributed by atoms with E-state index in [-0.39, 0.29) is 12.5 Å². The summed E-state index contributed by atoms with van der Waals surface area (Å²) in [6.07, 6.45) is 0. The zero-order valence-electron chi connectivity index (χ0n) is 10.9.